The number of rotatable bonds is 8. The summed E-state index contributed by atoms with van der Waals surface area (Å²) in [5, 5.41) is 6.79. The van der Waals surface area contributed by atoms with Crippen LogP contribution in [0.25, 0.3) is 0 Å². The molecule has 4 aromatic carbocycles. The van der Waals surface area contributed by atoms with Crippen molar-refractivity contribution in [3.05, 3.63) is 124 Å². The quantitative estimate of drug-likeness (QED) is 0.122. The van der Waals surface area contributed by atoms with Gasteiger partial charge >= 0.3 is 5.97 Å². The number of amides is 2. The van der Waals surface area contributed by atoms with Crippen molar-refractivity contribution in [3.8, 4) is 11.5 Å². The molecule has 190 valence electrons. The SMILES string of the molecule is COc1ccc(C(=O)Oc2ccc(Br)cc2/C=N\NC(=O)c2ccc(NC(=O)c3ccccc3)cc2)cc1. The Labute approximate surface area is 227 Å². The average Bonchev–Trinajstić information content (AvgIpc) is 2.95. The zero-order valence-corrected chi connectivity index (χ0v) is 21.8. The summed E-state index contributed by atoms with van der Waals surface area (Å²) < 4.78 is 11.4. The minimum absolute atomic E-state index is 0.245. The second-order valence-corrected chi connectivity index (χ2v) is 8.81. The molecule has 0 bridgehead atoms. The van der Waals surface area contributed by atoms with E-state index in [1.807, 2.05) is 6.07 Å². The number of hydrazone groups is 1. The van der Waals surface area contributed by atoms with Gasteiger partial charge in [0.25, 0.3) is 11.8 Å². The van der Waals surface area contributed by atoms with Crippen molar-refractivity contribution in [3.63, 3.8) is 0 Å². The summed E-state index contributed by atoms with van der Waals surface area (Å²) in [4.78, 5) is 37.4. The number of hydrogen-bond donors (Lipinski definition) is 2. The third-order valence-corrected chi connectivity index (χ3v) is 5.80. The molecule has 4 rings (SSSR count). The van der Waals surface area contributed by atoms with E-state index in [1.165, 1.54) is 6.21 Å². The molecule has 9 heteroatoms. The molecular formula is C29H22BrN3O5. The number of anilines is 1. The summed E-state index contributed by atoms with van der Waals surface area (Å²) in [5.41, 5.74) is 4.71. The van der Waals surface area contributed by atoms with Gasteiger partial charge in [0.1, 0.15) is 11.5 Å². The van der Waals surface area contributed by atoms with Crippen molar-refractivity contribution in [1.29, 1.82) is 0 Å². The minimum atomic E-state index is -0.548. The van der Waals surface area contributed by atoms with Crippen LogP contribution in [0.3, 0.4) is 0 Å². The van der Waals surface area contributed by atoms with Crippen LogP contribution in [0, 0.1) is 0 Å². The Morgan fingerprint density at radius 1 is 0.789 bits per heavy atom. The molecule has 0 spiro atoms. The first-order valence-electron chi connectivity index (χ1n) is 11.4. The van der Waals surface area contributed by atoms with E-state index in [9.17, 15) is 14.4 Å². The first-order chi connectivity index (χ1) is 18.4. The van der Waals surface area contributed by atoms with Gasteiger partial charge in [-0.05, 0) is 78.9 Å². The standard InChI is InChI=1S/C29H22BrN3O5/c1-37-25-14-9-21(10-15-25)29(36)38-26-16-11-23(30)17-22(26)18-31-33-28(35)20-7-12-24(13-8-20)32-27(34)19-5-3-2-4-6-19/h2-18H,1H3,(H,32,34)(H,33,35)/b31-18-. The Bertz CT molecular complexity index is 1470. The van der Waals surface area contributed by atoms with E-state index in [1.54, 1.807) is 98.1 Å². The lowest BCUT2D eigenvalue weighted by molar-refractivity contribution is 0.0733. The lowest BCUT2D eigenvalue weighted by atomic mass is 10.1. The van der Waals surface area contributed by atoms with E-state index in [0.717, 1.165) is 4.47 Å². The normalized spacial score (nSPS) is 10.6. The summed E-state index contributed by atoms with van der Waals surface area (Å²) in [5.74, 6) is -0.349. The van der Waals surface area contributed by atoms with Crippen LogP contribution in [0.2, 0.25) is 0 Å². The first kappa shape index (κ1) is 26.3. The lowest BCUT2D eigenvalue weighted by Gasteiger charge is -2.09. The third kappa shape index (κ3) is 6.92. The van der Waals surface area contributed by atoms with Crippen molar-refractivity contribution < 1.29 is 23.9 Å². The molecule has 0 aliphatic carbocycles. The molecule has 0 fully saturated rings. The molecule has 0 atom stereocenters. The number of benzene rings is 4. The van der Waals surface area contributed by atoms with E-state index in [0.29, 0.717) is 33.7 Å². The number of methoxy groups -OCH3 is 1. The van der Waals surface area contributed by atoms with Crippen LogP contribution in [0.15, 0.2) is 107 Å². The van der Waals surface area contributed by atoms with Gasteiger partial charge in [-0.15, -0.1) is 0 Å². The largest absolute Gasteiger partial charge is 0.497 e. The molecule has 0 unspecified atom stereocenters. The molecule has 38 heavy (non-hydrogen) atoms. The first-order valence-corrected chi connectivity index (χ1v) is 12.2. The Morgan fingerprint density at radius 2 is 1.45 bits per heavy atom. The zero-order valence-electron chi connectivity index (χ0n) is 20.2. The van der Waals surface area contributed by atoms with Crippen LogP contribution in [-0.4, -0.2) is 31.1 Å². The van der Waals surface area contributed by atoms with Crippen LogP contribution in [-0.2, 0) is 0 Å². The molecule has 2 N–H and O–H groups in total. The fourth-order valence-corrected chi connectivity index (χ4v) is 3.70. The van der Waals surface area contributed by atoms with E-state index < -0.39 is 11.9 Å². The van der Waals surface area contributed by atoms with Gasteiger partial charge in [0.15, 0.2) is 0 Å². The van der Waals surface area contributed by atoms with Crippen LogP contribution in [0.4, 0.5) is 5.69 Å². The smallest absolute Gasteiger partial charge is 0.343 e. The van der Waals surface area contributed by atoms with E-state index >= 15 is 0 Å². The predicted octanol–water partition coefficient (Wildman–Crippen LogP) is 5.69. The molecule has 4 aromatic rings. The van der Waals surface area contributed by atoms with Gasteiger partial charge in [-0.3, -0.25) is 9.59 Å². The maximum Gasteiger partial charge on any atom is 0.343 e. The monoisotopic (exact) mass is 571 g/mol. The fourth-order valence-electron chi connectivity index (χ4n) is 3.32. The van der Waals surface area contributed by atoms with Crippen LogP contribution < -0.4 is 20.2 Å². The van der Waals surface area contributed by atoms with Crippen molar-refractivity contribution in [2.75, 3.05) is 12.4 Å². The van der Waals surface area contributed by atoms with E-state index in [2.05, 4.69) is 31.8 Å². The van der Waals surface area contributed by atoms with Gasteiger partial charge in [0.05, 0.1) is 18.9 Å². The molecule has 0 saturated carbocycles. The summed E-state index contributed by atoms with van der Waals surface area (Å²) in [6.07, 6.45) is 1.38. The van der Waals surface area contributed by atoms with Gasteiger partial charge in [-0.25, -0.2) is 10.2 Å². The summed E-state index contributed by atoms with van der Waals surface area (Å²) >= 11 is 3.39. The Kier molecular flexibility index (Phi) is 8.63. The molecule has 0 aromatic heterocycles. The summed E-state index contributed by atoms with van der Waals surface area (Å²) in [7, 11) is 1.54. The number of esters is 1. The Morgan fingerprint density at radius 3 is 2.13 bits per heavy atom. The minimum Gasteiger partial charge on any atom is -0.497 e. The maximum absolute atomic E-state index is 12.6. The molecular weight excluding hydrogens is 550 g/mol. The topological polar surface area (TPSA) is 106 Å². The van der Waals surface area contributed by atoms with E-state index in [-0.39, 0.29) is 11.7 Å². The van der Waals surface area contributed by atoms with Gasteiger partial charge < -0.3 is 14.8 Å². The Hall–Kier alpha value is -4.76. The third-order valence-electron chi connectivity index (χ3n) is 5.31. The second-order valence-electron chi connectivity index (χ2n) is 7.90. The fraction of sp³-hybridized carbons (Fsp3) is 0.0345. The zero-order chi connectivity index (χ0) is 26.9. The predicted molar refractivity (Wildman–Crippen MR) is 148 cm³/mol. The number of halogens is 1. The van der Waals surface area contributed by atoms with Gasteiger partial charge in [-0.1, -0.05) is 34.1 Å². The molecule has 0 saturated heterocycles. The van der Waals surface area contributed by atoms with Crippen molar-refractivity contribution in [1.82, 2.24) is 5.43 Å². The maximum atomic E-state index is 12.6. The van der Waals surface area contributed by atoms with Gasteiger partial charge in [0.2, 0.25) is 0 Å². The van der Waals surface area contributed by atoms with Gasteiger partial charge in [0, 0.05) is 26.9 Å². The highest BCUT2D eigenvalue weighted by Gasteiger charge is 2.12. The average molecular weight is 572 g/mol. The van der Waals surface area contributed by atoms with Gasteiger partial charge in [-0.2, -0.15) is 5.10 Å². The molecule has 0 radical (unpaired) electrons. The van der Waals surface area contributed by atoms with Crippen LogP contribution >= 0.6 is 15.9 Å². The molecule has 0 aliphatic heterocycles. The summed E-state index contributed by atoms with van der Waals surface area (Å²) in [6.45, 7) is 0. The highest BCUT2D eigenvalue weighted by Crippen LogP contribution is 2.23. The number of hydrogen-bond acceptors (Lipinski definition) is 6. The number of nitrogens with zero attached hydrogens (tertiary/aromatic N) is 1. The van der Waals surface area contributed by atoms with Crippen LogP contribution in [0.5, 0.6) is 11.5 Å². The lowest BCUT2D eigenvalue weighted by Crippen LogP contribution is -2.18. The Balaban J connectivity index is 1.38. The van der Waals surface area contributed by atoms with Crippen molar-refractivity contribution >= 4 is 45.6 Å². The van der Waals surface area contributed by atoms with Crippen molar-refractivity contribution in [2.24, 2.45) is 5.10 Å². The number of carbonyl (C=O) groups is 3. The number of ether oxygens (including phenoxy) is 2. The van der Waals surface area contributed by atoms with E-state index in [4.69, 9.17) is 9.47 Å². The molecule has 0 aliphatic rings. The second kappa shape index (κ2) is 12.5. The molecule has 8 nitrogen and oxygen atoms in total. The van der Waals surface area contributed by atoms with Crippen molar-refractivity contribution in [2.45, 2.75) is 0 Å². The van der Waals surface area contributed by atoms with Crippen LogP contribution in [0.1, 0.15) is 36.6 Å². The highest BCUT2D eigenvalue weighted by molar-refractivity contribution is 9.10. The molecule has 2 amide bonds. The molecule has 0 heterocycles. The summed E-state index contributed by atoms with van der Waals surface area (Å²) in [6, 6.07) is 26.8. The highest BCUT2D eigenvalue weighted by atomic mass is 79.9. The number of carbonyl (C=O) groups excluding carboxylic acids is 3. The number of nitrogens with one attached hydrogen (secondary N) is 2.